The second kappa shape index (κ2) is 13.8. The molecule has 0 saturated carbocycles. The number of rotatable bonds is 2. The van der Waals surface area contributed by atoms with Crippen LogP contribution in [0.5, 0.6) is 0 Å². The Labute approximate surface area is 163 Å². The highest BCUT2D eigenvalue weighted by molar-refractivity contribution is 5.75. The largest absolute Gasteiger partial charge is 0.468 e. The number of nitrogens with one attached hydrogen (secondary N) is 1. The number of nitrogens with zero attached hydrogens (tertiary/aromatic N) is 1. The van der Waals surface area contributed by atoms with Crippen molar-refractivity contribution in [3.63, 3.8) is 0 Å². The number of fused-ring (bicyclic) bond motifs is 1. The highest BCUT2D eigenvalue weighted by atomic mass is 16.5. The van der Waals surface area contributed by atoms with Crippen LogP contribution < -0.4 is 5.32 Å². The fourth-order valence-electron chi connectivity index (χ4n) is 2.80. The molecule has 6 heteroatoms. The van der Waals surface area contributed by atoms with E-state index in [1.54, 1.807) is 6.08 Å². The Balaban J connectivity index is 0.000000451. The molecule has 2 aliphatic heterocycles. The molecule has 6 nitrogen and oxygen atoms in total. The van der Waals surface area contributed by atoms with Crippen molar-refractivity contribution in [2.24, 2.45) is 0 Å². The molecule has 0 bridgehead atoms. The van der Waals surface area contributed by atoms with Gasteiger partial charge in [-0.05, 0) is 36.1 Å². The van der Waals surface area contributed by atoms with Crippen LogP contribution in [0.4, 0.5) is 4.79 Å². The molecule has 1 amide bonds. The summed E-state index contributed by atoms with van der Waals surface area (Å²) in [5, 5.41) is 11.9. The molecule has 0 aromatic heterocycles. The monoisotopic (exact) mass is 378 g/mol. The Morgan fingerprint density at radius 1 is 1.26 bits per heavy atom. The molecular weight excluding hydrogens is 344 g/mol. The zero-order valence-electron chi connectivity index (χ0n) is 17.2. The number of benzene rings is 1. The quantitative estimate of drug-likeness (QED) is 0.751. The number of methoxy groups -OCH3 is 1. The maximum atomic E-state index is 10.8. The van der Waals surface area contributed by atoms with Crippen LogP contribution in [0, 0.1) is 0 Å². The Bertz CT molecular complexity index is 596. The van der Waals surface area contributed by atoms with Gasteiger partial charge in [0.2, 0.25) is 0 Å². The number of amides is 1. The van der Waals surface area contributed by atoms with E-state index >= 15 is 0 Å². The summed E-state index contributed by atoms with van der Waals surface area (Å²) >= 11 is 0. The topological polar surface area (TPSA) is 78.9 Å². The summed E-state index contributed by atoms with van der Waals surface area (Å²) in [7, 11) is 1.42. The maximum Gasteiger partial charge on any atom is 0.407 e. The number of ether oxygens (including phenoxy) is 1. The summed E-state index contributed by atoms with van der Waals surface area (Å²) in [6, 6.07) is 5.82. The SMILES string of the molecule is C=Cc1cccc2c1CN(C(=O)O)C2.CC.CC.COC(=O)C1CCCN1. The fraction of sp³-hybridized carbons (Fsp3) is 0.524. The Morgan fingerprint density at radius 3 is 2.41 bits per heavy atom. The number of hydrogen-bond donors (Lipinski definition) is 2. The molecule has 3 rings (SSSR count). The first-order valence-electron chi connectivity index (χ1n) is 9.59. The molecule has 1 unspecified atom stereocenters. The van der Waals surface area contributed by atoms with Gasteiger partial charge >= 0.3 is 12.1 Å². The van der Waals surface area contributed by atoms with E-state index in [9.17, 15) is 9.59 Å². The average Bonchev–Trinajstić information content (AvgIpc) is 3.40. The number of esters is 1. The van der Waals surface area contributed by atoms with Crippen LogP contribution >= 0.6 is 0 Å². The average molecular weight is 379 g/mol. The van der Waals surface area contributed by atoms with Crippen molar-refractivity contribution < 1.29 is 19.4 Å². The number of carboxylic acid groups (broad SMARTS) is 1. The van der Waals surface area contributed by atoms with Crippen LogP contribution in [0.15, 0.2) is 24.8 Å². The third-order valence-corrected chi connectivity index (χ3v) is 4.06. The number of carbonyl (C=O) groups excluding carboxylic acids is 1. The highest BCUT2D eigenvalue weighted by Gasteiger charge is 2.24. The first-order chi connectivity index (χ1) is 13.1. The molecule has 1 saturated heterocycles. The van der Waals surface area contributed by atoms with Crippen LogP contribution in [0.2, 0.25) is 0 Å². The van der Waals surface area contributed by atoms with Gasteiger partial charge in [-0.1, -0.05) is 58.5 Å². The van der Waals surface area contributed by atoms with Gasteiger partial charge in [0.15, 0.2) is 0 Å². The summed E-state index contributed by atoms with van der Waals surface area (Å²) in [4.78, 5) is 22.9. The molecule has 1 fully saturated rings. The zero-order valence-corrected chi connectivity index (χ0v) is 17.2. The molecule has 0 radical (unpaired) electrons. The van der Waals surface area contributed by atoms with Crippen molar-refractivity contribution in [3.8, 4) is 0 Å². The van der Waals surface area contributed by atoms with Gasteiger partial charge < -0.3 is 15.2 Å². The molecule has 27 heavy (non-hydrogen) atoms. The smallest absolute Gasteiger partial charge is 0.407 e. The lowest BCUT2D eigenvalue weighted by Crippen LogP contribution is -2.31. The van der Waals surface area contributed by atoms with E-state index in [4.69, 9.17) is 5.11 Å². The fourth-order valence-corrected chi connectivity index (χ4v) is 2.80. The van der Waals surface area contributed by atoms with Gasteiger partial charge in [0, 0.05) is 6.54 Å². The van der Waals surface area contributed by atoms with E-state index in [0.717, 1.165) is 36.1 Å². The van der Waals surface area contributed by atoms with Crippen molar-refractivity contribution in [1.82, 2.24) is 10.2 Å². The Kier molecular flexibility index (Phi) is 12.6. The predicted molar refractivity (Wildman–Crippen MR) is 110 cm³/mol. The van der Waals surface area contributed by atoms with E-state index < -0.39 is 6.09 Å². The number of carbonyl (C=O) groups is 2. The van der Waals surface area contributed by atoms with E-state index in [1.165, 1.54) is 12.0 Å². The molecule has 0 spiro atoms. The summed E-state index contributed by atoms with van der Waals surface area (Å²) in [6.07, 6.45) is 2.91. The highest BCUT2D eigenvalue weighted by Crippen LogP contribution is 2.26. The summed E-state index contributed by atoms with van der Waals surface area (Å²) < 4.78 is 4.53. The van der Waals surface area contributed by atoms with Crippen molar-refractivity contribution in [2.75, 3.05) is 13.7 Å². The standard InChI is InChI=1S/C11H11NO2.C6H11NO2.2C2H6/c1-2-8-4-3-5-9-6-12(11(13)14)7-10(8)9;1-9-6(8)5-3-2-4-7-5;2*1-2/h2-5H,1,6-7H2,(H,13,14);5,7H,2-4H2,1H3;2*1-2H3. The molecule has 1 atom stereocenters. The second-order valence-corrected chi connectivity index (χ2v) is 5.50. The summed E-state index contributed by atoms with van der Waals surface area (Å²) in [6.45, 7) is 13.6. The Morgan fingerprint density at radius 2 is 1.93 bits per heavy atom. The molecule has 2 heterocycles. The van der Waals surface area contributed by atoms with Gasteiger partial charge in [0.1, 0.15) is 6.04 Å². The lowest BCUT2D eigenvalue weighted by atomic mass is 10.0. The molecule has 0 aliphatic carbocycles. The molecular formula is C21H34N2O4. The Hall–Kier alpha value is -2.34. The molecule has 2 aliphatic rings. The summed E-state index contributed by atoms with van der Waals surface area (Å²) in [5.41, 5.74) is 3.21. The lowest BCUT2D eigenvalue weighted by molar-refractivity contribution is -0.142. The minimum Gasteiger partial charge on any atom is -0.468 e. The predicted octanol–water partition coefficient (Wildman–Crippen LogP) is 4.29. The minimum atomic E-state index is -0.865. The third-order valence-electron chi connectivity index (χ3n) is 4.06. The minimum absolute atomic E-state index is 0.0324. The zero-order chi connectivity index (χ0) is 20.8. The van der Waals surface area contributed by atoms with E-state index in [2.05, 4.69) is 16.6 Å². The van der Waals surface area contributed by atoms with Crippen LogP contribution in [-0.2, 0) is 22.6 Å². The van der Waals surface area contributed by atoms with Crippen LogP contribution in [-0.4, -0.2) is 41.8 Å². The summed E-state index contributed by atoms with van der Waals surface area (Å²) in [5.74, 6) is -0.132. The molecule has 152 valence electrons. The lowest BCUT2D eigenvalue weighted by Gasteiger charge is -2.09. The van der Waals surface area contributed by atoms with Gasteiger partial charge in [0.05, 0.1) is 13.7 Å². The second-order valence-electron chi connectivity index (χ2n) is 5.50. The van der Waals surface area contributed by atoms with Crippen molar-refractivity contribution in [1.29, 1.82) is 0 Å². The van der Waals surface area contributed by atoms with E-state index in [0.29, 0.717) is 13.1 Å². The van der Waals surface area contributed by atoms with Gasteiger partial charge in [-0.3, -0.25) is 9.69 Å². The first-order valence-corrected chi connectivity index (χ1v) is 9.59. The van der Waals surface area contributed by atoms with Gasteiger partial charge in [-0.15, -0.1) is 0 Å². The van der Waals surface area contributed by atoms with Crippen molar-refractivity contribution in [2.45, 2.75) is 59.7 Å². The number of hydrogen-bond acceptors (Lipinski definition) is 4. The molecule has 1 aromatic carbocycles. The van der Waals surface area contributed by atoms with E-state index in [1.807, 2.05) is 45.9 Å². The molecule has 1 aromatic rings. The normalized spacial score (nSPS) is 16.3. The third kappa shape index (κ3) is 7.43. The first kappa shape index (κ1) is 24.7. The van der Waals surface area contributed by atoms with Gasteiger partial charge in [-0.25, -0.2) is 4.79 Å². The van der Waals surface area contributed by atoms with Crippen LogP contribution in [0.25, 0.3) is 6.08 Å². The van der Waals surface area contributed by atoms with Gasteiger partial charge in [-0.2, -0.15) is 0 Å². The van der Waals surface area contributed by atoms with Crippen molar-refractivity contribution in [3.05, 3.63) is 41.5 Å². The van der Waals surface area contributed by atoms with E-state index in [-0.39, 0.29) is 12.0 Å². The van der Waals surface area contributed by atoms with Crippen LogP contribution in [0.1, 0.15) is 57.2 Å². The van der Waals surface area contributed by atoms with Gasteiger partial charge in [0.25, 0.3) is 0 Å². The van der Waals surface area contributed by atoms with Crippen molar-refractivity contribution >= 4 is 18.1 Å². The maximum absolute atomic E-state index is 10.8. The molecule has 2 N–H and O–H groups in total. The van der Waals surface area contributed by atoms with Crippen LogP contribution in [0.3, 0.4) is 0 Å².